The number of rotatable bonds is 5. The van der Waals surface area contributed by atoms with E-state index in [9.17, 15) is 13.6 Å². The van der Waals surface area contributed by atoms with E-state index in [2.05, 4.69) is 0 Å². The number of hydrogen-bond donors (Lipinski definition) is 1. The first kappa shape index (κ1) is 19.8. The Morgan fingerprint density at radius 2 is 1.71 bits per heavy atom. The van der Waals surface area contributed by atoms with Crippen molar-refractivity contribution >= 4 is 5.91 Å². The fourth-order valence-corrected chi connectivity index (χ4v) is 4.75. The van der Waals surface area contributed by atoms with Crippen molar-refractivity contribution in [2.75, 3.05) is 13.2 Å². The molecule has 1 heterocycles. The van der Waals surface area contributed by atoms with Crippen LogP contribution in [0.3, 0.4) is 0 Å². The lowest BCUT2D eigenvalue weighted by atomic mass is 9.82. The molecule has 4 rings (SSSR count). The minimum atomic E-state index is -0.514. The van der Waals surface area contributed by atoms with Gasteiger partial charge < -0.3 is 15.4 Å². The fraction of sp³-hybridized carbons (Fsp3) is 0.682. The molecule has 2 aliphatic carbocycles. The molecule has 3 aliphatic rings. The molecular weight excluding hydrogens is 362 g/mol. The molecule has 1 amide bonds. The second-order valence-corrected chi connectivity index (χ2v) is 8.69. The zero-order valence-corrected chi connectivity index (χ0v) is 16.3. The van der Waals surface area contributed by atoms with Crippen molar-refractivity contribution in [1.29, 1.82) is 0 Å². The summed E-state index contributed by atoms with van der Waals surface area (Å²) in [4.78, 5) is 14.5. The molecule has 6 heteroatoms. The zero-order chi connectivity index (χ0) is 19.7. The molecule has 28 heavy (non-hydrogen) atoms. The third kappa shape index (κ3) is 4.54. The van der Waals surface area contributed by atoms with Crippen LogP contribution in [0.1, 0.15) is 62.8 Å². The van der Waals surface area contributed by atoms with Crippen LogP contribution in [0.5, 0.6) is 0 Å². The van der Waals surface area contributed by atoms with Crippen LogP contribution in [0.25, 0.3) is 0 Å². The van der Waals surface area contributed by atoms with E-state index in [0.717, 1.165) is 69.5 Å². The monoisotopic (exact) mass is 392 g/mol. The van der Waals surface area contributed by atoms with Gasteiger partial charge in [0.05, 0.1) is 18.8 Å². The quantitative estimate of drug-likeness (QED) is 0.831. The van der Waals surface area contributed by atoms with E-state index in [1.54, 1.807) is 0 Å². The predicted molar refractivity (Wildman–Crippen MR) is 103 cm³/mol. The highest BCUT2D eigenvalue weighted by molar-refractivity contribution is 5.81. The minimum absolute atomic E-state index is 0.0249. The van der Waals surface area contributed by atoms with Gasteiger partial charge in [-0.3, -0.25) is 4.79 Å². The lowest BCUT2D eigenvalue weighted by molar-refractivity contribution is -0.139. The number of hydrogen-bond acceptors (Lipinski definition) is 3. The molecule has 0 spiro atoms. The summed E-state index contributed by atoms with van der Waals surface area (Å²) in [6.45, 7) is 1.28. The lowest BCUT2D eigenvalue weighted by Crippen LogP contribution is -2.57. The number of piperidine rings is 1. The van der Waals surface area contributed by atoms with E-state index in [1.165, 1.54) is 12.1 Å². The summed E-state index contributed by atoms with van der Waals surface area (Å²) in [5.41, 5.74) is 7.07. The van der Waals surface area contributed by atoms with Crippen LogP contribution in [0.2, 0.25) is 0 Å². The Kier molecular flexibility index (Phi) is 5.97. The van der Waals surface area contributed by atoms with Gasteiger partial charge in [-0.15, -0.1) is 0 Å². The smallest absolute Gasteiger partial charge is 0.226 e. The third-order valence-electron chi connectivity index (χ3n) is 6.57. The van der Waals surface area contributed by atoms with Crippen LogP contribution in [-0.4, -0.2) is 42.1 Å². The van der Waals surface area contributed by atoms with Gasteiger partial charge in [0.15, 0.2) is 0 Å². The van der Waals surface area contributed by atoms with Crippen LogP contribution in [0.4, 0.5) is 8.78 Å². The van der Waals surface area contributed by atoms with Crippen molar-refractivity contribution in [1.82, 2.24) is 4.90 Å². The largest absolute Gasteiger partial charge is 0.376 e. The molecular formula is C22H30F2N2O2. The molecule has 1 aromatic carbocycles. The summed E-state index contributed by atoms with van der Waals surface area (Å²) in [5.74, 6) is -0.398. The number of carbonyl (C=O) groups is 1. The first-order valence-corrected chi connectivity index (χ1v) is 10.6. The summed E-state index contributed by atoms with van der Waals surface area (Å²) >= 11 is 0. The van der Waals surface area contributed by atoms with Crippen LogP contribution in [0.15, 0.2) is 18.2 Å². The number of nitrogens with two attached hydrogens (primary N) is 1. The molecule has 0 aromatic heterocycles. The van der Waals surface area contributed by atoms with Crippen molar-refractivity contribution < 1.29 is 18.3 Å². The topological polar surface area (TPSA) is 55.6 Å². The van der Waals surface area contributed by atoms with Gasteiger partial charge in [0.1, 0.15) is 11.6 Å². The van der Waals surface area contributed by atoms with E-state index in [-0.39, 0.29) is 35.9 Å². The van der Waals surface area contributed by atoms with Gasteiger partial charge >= 0.3 is 0 Å². The summed E-state index contributed by atoms with van der Waals surface area (Å²) in [5, 5.41) is 0. The average Bonchev–Trinajstić information content (AvgIpc) is 3.51. The van der Waals surface area contributed by atoms with Gasteiger partial charge in [-0.1, -0.05) is 0 Å². The van der Waals surface area contributed by atoms with Crippen LogP contribution in [0, 0.1) is 17.6 Å². The van der Waals surface area contributed by atoms with Gasteiger partial charge in [0.25, 0.3) is 0 Å². The number of carbonyl (C=O) groups excluding carboxylic acids is 1. The zero-order valence-electron chi connectivity index (χ0n) is 16.3. The summed E-state index contributed by atoms with van der Waals surface area (Å²) in [7, 11) is 0. The Morgan fingerprint density at radius 3 is 2.36 bits per heavy atom. The Morgan fingerprint density at radius 1 is 1.04 bits per heavy atom. The minimum Gasteiger partial charge on any atom is -0.376 e. The average molecular weight is 392 g/mol. The van der Waals surface area contributed by atoms with Gasteiger partial charge in [0.2, 0.25) is 5.91 Å². The normalized spacial score (nSPS) is 31.0. The molecule has 3 fully saturated rings. The van der Waals surface area contributed by atoms with Crippen molar-refractivity contribution in [3.8, 4) is 0 Å². The number of benzene rings is 1. The van der Waals surface area contributed by atoms with Crippen molar-refractivity contribution in [2.24, 2.45) is 11.7 Å². The molecule has 2 atom stereocenters. The molecule has 4 nitrogen and oxygen atoms in total. The van der Waals surface area contributed by atoms with E-state index in [4.69, 9.17) is 10.5 Å². The Bertz CT molecular complexity index is 682. The maximum Gasteiger partial charge on any atom is 0.226 e. The Labute approximate surface area is 165 Å². The van der Waals surface area contributed by atoms with Gasteiger partial charge in [-0.2, -0.15) is 0 Å². The molecule has 2 saturated carbocycles. The summed E-state index contributed by atoms with van der Waals surface area (Å²) < 4.78 is 33.1. The summed E-state index contributed by atoms with van der Waals surface area (Å²) in [6, 6.07) is 3.75. The van der Waals surface area contributed by atoms with Crippen molar-refractivity contribution in [3.05, 3.63) is 35.4 Å². The maximum absolute atomic E-state index is 13.5. The van der Waals surface area contributed by atoms with Crippen LogP contribution in [-0.2, 0) is 9.53 Å². The molecule has 1 aromatic rings. The molecule has 0 radical (unpaired) electrons. The summed E-state index contributed by atoms with van der Waals surface area (Å²) in [6.07, 6.45) is 7.46. The predicted octanol–water partition coefficient (Wildman–Crippen LogP) is 3.74. The van der Waals surface area contributed by atoms with Crippen molar-refractivity contribution in [3.63, 3.8) is 0 Å². The Balaban J connectivity index is 1.30. The standard InChI is InChI=1S/C22H30F2N2O2/c23-17-10-16(11-18(24)12-17)14-5-7-19(8-6-14)28-13-21-20(25)2-1-9-26(21)22(27)15-3-4-15/h10-12,14-15,19-21H,1-9,13,25H2/t14-,19+,20?,21-/m0/s1. The SMILES string of the molecule is NC1CCCN(C(=O)C2CC2)[C@H]1CO[C@H]1CC[C@@H](c2cc(F)cc(F)c2)CC1. The highest BCUT2D eigenvalue weighted by Gasteiger charge is 2.40. The van der Waals surface area contributed by atoms with Crippen molar-refractivity contribution in [2.45, 2.75) is 75.5 Å². The van der Waals surface area contributed by atoms with Crippen LogP contribution >= 0.6 is 0 Å². The third-order valence-corrected chi connectivity index (χ3v) is 6.57. The second kappa shape index (κ2) is 8.46. The molecule has 154 valence electrons. The first-order chi connectivity index (χ1) is 13.5. The van der Waals surface area contributed by atoms with E-state index in [1.807, 2.05) is 4.90 Å². The van der Waals surface area contributed by atoms with E-state index >= 15 is 0 Å². The number of ether oxygens (including phenoxy) is 1. The number of amides is 1. The van der Waals surface area contributed by atoms with E-state index < -0.39 is 11.6 Å². The van der Waals surface area contributed by atoms with Gasteiger partial charge in [0, 0.05) is 24.6 Å². The fourth-order valence-electron chi connectivity index (χ4n) is 4.75. The molecule has 1 saturated heterocycles. The Hall–Kier alpha value is -1.53. The van der Waals surface area contributed by atoms with Gasteiger partial charge in [-0.25, -0.2) is 8.78 Å². The van der Waals surface area contributed by atoms with E-state index in [0.29, 0.717) is 6.61 Å². The molecule has 1 unspecified atom stereocenters. The van der Waals surface area contributed by atoms with Gasteiger partial charge in [-0.05, 0) is 75.0 Å². The number of nitrogens with zero attached hydrogens (tertiary/aromatic N) is 1. The van der Waals surface area contributed by atoms with Crippen LogP contribution < -0.4 is 5.73 Å². The highest BCUT2D eigenvalue weighted by atomic mass is 19.1. The first-order valence-electron chi connectivity index (χ1n) is 10.6. The second-order valence-electron chi connectivity index (χ2n) is 8.69. The number of halogens is 2. The molecule has 1 aliphatic heterocycles. The lowest BCUT2D eigenvalue weighted by Gasteiger charge is -2.41. The molecule has 0 bridgehead atoms. The maximum atomic E-state index is 13.5. The molecule has 2 N–H and O–H groups in total. The number of likely N-dealkylation sites (tertiary alicyclic amines) is 1. The highest BCUT2D eigenvalue weighted by Crippen LogP contribution is 2.36.